The van der Waals surface area contributed by atoms with Crippen LogP contribution in [0.2, 0.25) is 0 Å². The highest BCUT2D eigenvalue weighted by molar-refractivity contribution is 5.94. The van der Waals surface area contributed by atoms with Crippen molar-refractivity contribution in [2.75, 3.05) is 18.5 Å². The molecule has 2 aliphatic rings. The van der Waals surface area contributed by atoms with Crippen LogP contribution in [0.15, 0.2) is 39.5 Å². The molecule has 0 spiro atoms. The zero-order chi connectivity index (χ0) is 23.9. The van der Waals surface area contributed by atoms with Gasteiger partial charge in [-0.1, -0.05) is 12.1 Å². The Bertz CT molecular complexity index is 1310. The van der Waals surface area contributed by atoms with E-state index in [1.54, 1.807) is 12.1 Å². The maximum absolute atomic E-state index is 12.7. The first-order valence-electron chi connectivity index (χ1n) is 11.8. The summed E-state index contributed by atoms with van der Waals surface area (Å²) in [6, 6.07) is 9.18. The minimum absolute atomic E-state index is 0.0823. The van der Waals surface area contributed by atoms with Crippen LogP contribution in [-0.4, -0.2) is 29.8 Å². The van der Waals surface area contributed by atoms with Crippen molar-refractivity contribution in [3.05, 3.63) is 63.0 Å². The SMILES string of the molecule is CC1(C)CCc2c(cc(OCC(=O)Nc3ccc(CCO)cc3)c3c4c(c(=O)oc23)CCC4)O1. The van der Waals surface area contributed by atoms with Crippen molar-refractivity contribution in [2.24, 2.45) is 0 Å². The van der Waals surface area contributed by atoms with E-state index in [4.69, 9.17) is 19.0 Å². The van der Waals surface area contributed by atoms with Crippen LogP contribution in [0, 0.1) is 0 Å². The van der Waals surface area contributed by atoms with Crippen LogP contribution in [0.1, 0.15) is 48.9 Å². The van der Waals surface area contributed by atoms with Crippen molar-refractivity contribution in [3.63, 3.8) is 0 Å². The van der Waals surface area contributed by atoms with Crippen molar-refractivity contribution >= 4 is 22.6 Å². The molecule has 0 radical (unpaired) electrons. The van der Waals surface area contributed by atoms with E-state index in [9.17, 15) is 9.59 Å². The van der Waals surface area contributed by atoms with Gasteiger partial charge >= 0.3 is 5.63 Å². The number of aliphatic hydroxyl groups is 1. The third kappa shape index (κ3) is 4.28. The predicted octanol–water partition coefficient (Wildman–Crippen LogP) is 3.94. The number of benzene rings is 2. The van der Waals surface area contributed by atoms with Gasteiger partial charge in [-0.2, -0.15) is 0 Å². The average Bonchev–Trinajstić information content (AvgIpc) is 3.29. The first-order chi connectivity index (χ1) is 16.3. The van der Waals surface area contributed by atoms with Crippen LogP contribution < -0.4 is 20.4 Å². The summed E-state index contributed by atoms with van der Waals surface area (Å²) in [5.41, 5.74) is 4.11. The number of carbonyl (C=O) groups is 1. The summed E-state index contributed by atoms with van der Waals surface area (Å²) in [6.07, 6.45) is 4.50. The van der Waals surface area contributed by atoms with Gasteiger partial charge in [0.1, 0.15) is 22.7 Å². The minimum Gasteiger partial charge on any atom is -0.487 e. The third-order valence-corrected chi connectivity index (χ3v) is 6.63. The number of nitrogens with one attached hydrogen (secondary N) is 1. The van der Waals surface area contributed by atoms with E-state index >= 15 is 0 Å². The zero-order valence-corrected chi connectivity index (χ0v) is 19.5. The van der Waals surface area contributed by atoms with Crippen molar-refractivity contribution in [1.82, 2.24) is 0 Å². The molecule has 0 unspecified atom stereocenters. The Kier molecular flexibility index (Phi) is 5.81. The maximum Gasteiger partial charge on any atom is 0.339 e. The maximum atomic E-state index is 12.7. The Morgan fingerprint density at radius 1 is 1.12 bits per heavy atom. The second-order valence-electron chi connectivity index (χ2n) is 9.62. The van der Waals surface area contributed by atoms with Gasteiger partial charge < -0.3 is 24.3 Å². The van der Waals surface area contributed by atoms with Gasteiger partial charge in [-0.15, -0.1) is 0 Å². The normalized spacial score (nSPS) is 16.0. The topological polar surface area (TPSA) is 98.0 Å². The number of rotatable bonds is 6. The van der Waals surface area contributed by atoms with E-state index in [1.807, 2.05) is 32.0 Å². The highest BCUT2D eigenvalue weighted by atomic mass is 16.5. The largest absolute Gasteiger partial charge is 0.487 e. The van der Waals surface area contributed by atoms with Crippen molar-refractivity contribution < 1.29 is 23.8 Å². The zero-order valence-electron chi connectivity index (χ0n) is 19.5. The first kappa shape index (κ1) is 22.5. The number of aliphatic hydroxyl groups excluding tert-OH is 1. The van der Waals surface area contributed by atoms with Gasteiger partial charge in [0.05, 0.1) is 5.39 Å². The number of hydrogen-bond acceptors (Lipinski definition) is 6. The molecule has 0 saturated carbocycles. The van der Waals surface area contributed by atoms with E-state index < -0.39 is 0 Å². The Morgan fingerprint density at radius 3 is 2.65 bits per heavy atom. The summed E-state index contributed by atoms with van der Waals surface area (Å²) in [7, 11) is 0. The molecule has 7 heteroatoms. The standard InChI is InChI=1S/C27H29NO6/c1-27(2)12-10-20-21(34-27)14-22(24-18-4-3-5-19(18)26(31)33-25(20)24)32-15-23(30)28-17-8-6-16(7-9-17)11-13-29/h6-9,14,29H,3-5,10-13,15H2,1-2H3,(H,28,30). The van der Waals surface area contributed by atoms with E-state index in [0.29, 0.717) is 41.2 Å². The monoisotopic (exact) mass is 463 g/mol. The minimum atomic E-state index is -0.339. The molecule has 1 amide bonds. The van der Waals surface area contributed by atoms with Crippen molar-refractivity contribution in [3.8, 4) is 11.5 Å². The van der Waals surface area contributed by atoms with Crippen molar-refractivity contribution in [1.29, 1.82) is 0 Å². The summed E-state index contributed by atoms with van der Waals surface area (Å²) in [5, 5.41) is 12.7. The molecule has 0 fully saturated rings. The van der Waals surface area contributed by atoms with E-state index in [2.05, 4.69) is 5.32 Å². The number of carbonyl (C=O) groups excluding carboxylic acids is 1. The van der Waals surface area contributed by atoms with Gasteiger partial charge in [-0.25, -0.2) is 4.79 Å². The van der Waals surface area contributed by atoms with Gasteiger partial charge in [0.2, 0.25) is 0 Å². The molecule has 178 valence electrons. The summed E-state index contributed by atoms with van der Waals surface area (Å²) in [4.78, 5) is 25.3. The lowest BCUT2D eigenvalue weighted by Crippen LogP contribution is -2.32. The molecule has 3 aromatic rings. The van der Waals surface area contributed by atoms with Gasteiger partial charge in [0.15, 0.2) is 6.61 Å². The molecule has 2 heterocycles. The molecule has 0 bridgehead atoms. The molecule has 1 aromatic heterocycles. The lowest BCUT2D eigenvalue weighted by molar-refractivity contribution is -0.118. The Balaban J connectivity index is 1.45. The number of aryl methyl sites for hydroxylation is 2. The fraction of sp³-hybridized carbons (Fsp3) is 0.407. The molecule has 34 heavy (non-hydrogen) atoms. The predicted molar refractivity (Wildman–Crippen MR) is 129 cm³/mol. The molecule has 1 aliphatic carbocycles. The van der Waals surface area contributed by atoms with Crippen LogP contribution in [0.3, 0.4) is 0 Å². The Morgan fingerprint density at radius 2 is 1.88 bits per heavy atom. The number of anilines is 1. The number of amides is 1. The average molecular weight is 464 g/mol. The fourth-order valence-corrected chi connectivity index (χ4v) is 4.89. The lowest BCUT2D eigenvalue weighted by atomic mass is 9.91. The van der Waals surface area contributed by atoms with E-state index in [0.717, 1.165) is 47.8 Å². The molecule has 5 rings (SSSR count). The van der Waals surface area contributed by atoms with Crippen LogP contribution in [0.4, 0.5) is 5.69 Å². The Labute approximate surface area is 197 Å². The molecule has 7 nitrogen and oxygen atoms in total. The molecular weight excluding hydrogens is 434 g/mol. The molecule has 2 N–H and O–H groups in total. The summed E-state index contributed by atoms with van der Waals surface area (Å²) in [6.45, 7) is 3.94. The quantitative estimate of drug-likeness (QED) is 0.538. The molecule has 1 aliphatic heterocycles. The van der Waals surface area contributed by atoms with Gasteiger partial charge in [0.25, 0.3) is 5.91 Å². The smallest absolute Gasteiger partial charge is 0.339 e. The highest BCUT2D eigenvalue weighted by Gasteiger charge is 2.32. The van der Waals surface area contributed by atoms with Crippen molar-refractivity contribution in [2.45, 2.75) is 58.0 Å². The van der Waals surface area contributed by atoms with Crippen LogP contribution >= 0.6 is 0 Å². The van der Waals surface area contributed by atoms with E-state index in [-0.39, 0.29) is 30.3 Å². The highest BCUT2D eigenvalue weighted by Crippen LogP contribution is 2.44. The molecule has 0 atom stereocenters. The van der Waals surface area contributed by atoms with Crippen LogP contribution in [0.5, 0.6) is 11.5 Å². The second-order valence-corrected chi connectivity index (χ2v) is 9.62. The summed E-state index contributed by atoms with van der Waals surface area (Å²) >= 11 is 0. The van der Waals surface area contributed by atoms with Crippen LogP contribution in [0.25, 0.3) is 11.0 Å². The number of hydrogen-bond donors (Lipinski definition) is 2. The Hall–Kier alpha value is -3.32. The summed E-state index contributed by atoms with van der Waals surface area (Å²) < 4.78 is 18.0. The van der Waals surface area contributed by atoms with Gasteiger partial charge in [-0.3, -0.25) is 4.79 Å². The second kappa shape index (κ2) is 8.80. The van der Waals surface area contributed by atoms with Gasteiger partial charge in [0, 0.05) is 29.5 Å². The van der Waals surface area contributed by atoms with Gasteiger partial charge in [-0.05, 0) is 75.6 Å². The lowest BCUT2D eigenvalue weighted by Gasteiger charge is -2.33. The molecule has 2 aromatic carbocycles. The fourth-order valence-electron chi connectivity index (χ4n) is 4.89. The molecular formula is C27H29NO6. The molecule has 0 saturated heterocycles. The van der Waals surface area contributed by atoms with Crippen LogP contribution in [-0.2, 0) is 30.5 Å². The number of fused-ring (bicyclic) bond motifs is 5. The van der Waals surface area contributed by atoms with E-state index in [1.165, 1.54) is 0 Å². The summed E-state index contributed by atoms with van der Waals surface area (Å²) in [5.74, 6) is 0.845. The third-order valence-electron chi connectivity index (χ3n) is 6.63. The first-order valence-corrected chi connectivity index (χ1v) is 11.8. The number of ether oxygens (including phenoxy) is 2.